The first-order valence-corrected chi connectivity index (χ1v) is 8.96. The van der Waals surface area contributed by atoms with Crippen molar-refractivity contribution in [2.75, 3.05) is 6.61 Å². The van der Waals surface area contributed by atoms with Crippen molar-refractivity contribution < 1.29 is 4.74 Å². The number of benzene rings is 2. The molecule has 0 aliphatic carbocycles. The van der Waals surface area contributed by atoms with E-state index in [1.54, 1.807) is 6.33 Å². The van der Waals surface area contributed by atoms with Crippen molar-refractivity contribution >= 4 is 22.1 Å². The van der Waals surface area contributed by atoms with Crippen molar-refractivity contribution in [2.24, 2.45) is 0 Å². The Hall–Kier alpha value is -3.60. The fourth-order valence-electron chi connectivity index (χ4n) is 3.47. The van der Waals surface area contributed by atoms with Gasteiger partial charge in [-0.15, -0.1) is 0 Å². The minimum Gasteiger partial charge on any atom is -0.493 e. The van der Waals surface area contributed by atoms with E-state index in [9.17, 15) is 0 Å². The number of rotatable bonds is 4. The highest BCUT2D eigenvalue weighted by molar-refractivity contribution is 5.97. The Kier molecular flexibility index (Phi) is 3.64. The van der Waals surface area contributed by atoms with E-state index < -0.39 is 0 Å². The zero-order chi connectivity index (χ0) is 18.2. The number of ether oxygens (including phenoxy) is 1. The molecule has 0 unspecified atom stereocenters. The average molecular weight is 354 g/mol. The van der Waals surface area contributed by atoms with Gasteiger partial charge in [-0.1, -0.05) is 24.3 Å². The Morgan fingerprint density at radius 1 is 0.926 bits per heavy atom. The fourth-order valence-corrected chi connectivity index (χ4v) is 3.47. The number of fused-ring (bicyclic) bond motifs is 2. The molecule has 0 bridgehead atoms. The molecule has 5 nitrogen and oxygen atoms in total. The van der Waals surface area contributed by atoms with Crippen LogP contribution in [0.15, 0.2) is 67.3 Å². The second-order valence-electron chi connectivity index (χ2n) is 6.39. The van der Waals surface area contributed by atoms with Crippen LogP contribution in [-0.4, -0.2) is 26.5 Å². The summed E-state index contributed by atoms with van der Waals surface area (Å²) in [5, 5.41) is 1.07. The summed E-state index contributed by atoms with van der Waals surface area (Å²) >= 11 is 0. The first-order chi connectivity index (χ1) is 13.3. The second-order valence-corrected chi connectivity index (χ2v) is 6.39. The minimum absolute atomic E-state index is 0.632. The molecule has 2 N–H and O–H groups in total. The minimum atomic E-state index is 0.632. The lowest BCUT2D eigenvalue weighted by Gasteiger charge is -2.09. The molecule has 2 aromatic carbocycles. The summed E-state index contributed by atoms with van der Waals surface area (Å²) in [7, 11) is 0. The van der Waals surface area contributed by atoms with Gasteiger partial charge in [0.1, 0.15) is 11.4 Å². The maximum absolute atomic E-state index is 5.82. The van der Waals surface area contributed by atoms with E-state index in [1.165, 1.54) is 0 Å². The van der Waals surface area contributed by atoms with Gasteiger partial charge in [0.15, 0.2) is 0 Å². The van der Waals surface area contributed by atoms with Crippen molar-refractivity contribution in [3.05, 3.63) is 67.3 Å². The second kappa shape index (κ2) is 6.29. The Morgan fingerprint density at radius 3 is 2.78 bits per heavy atom. The molecular weight excluding hydrogens is 336 g/mol. The third-order valence-electron chi connectivity index (χ3n) is 4.76. The quantitative estimate of drug-likeness (QED) is 0.468. The Labute approximate surface area is 156 Å². The lowest BCUT2D eigenvalue weighted by molar-refractivity contribution is 0.341. The predicted octanol–water partition coefficient (Wildman–Crippen LogP) is 5.17. The zero-order valence-corrected chi connectivity index (χ0v) is 14.9. The monoisotopic (exact) mass is 354 g/mol. The van der Waals surface area contributed by atoms with E-state index in [-0.39, 0.29) is 0 Å². The maximum Gasteiger partial charge on any atom is 0.137 e. The summed E-state index contributed by atoms with van der Waals surface area (Å²) < 4.78 is 5.82. The molecule has 3 aromatic heterocycles. The molecule has 0 aliphatic heterocycles. The van der Waals surface area contributed by atoms with Crippen LogP contribution in [0.2, 0.25) is 0 Å². The van der Waals surface area contributed by atoms with Gasteiger partial charge in [0.2, 0.25) is 0 Å². The molecule has 132 valence electrons. The molecule has 0 radical (unpaired) electrons. The molecule has 0 atom stereocenters. The summed E-state index contributed by atoms with van der Waals surface area (Å²) in [5.74, 6) is 0.880. The molecule has 0 saturated carbocycles. The first-order valence-electron chi connectivity index (χ1n) is 8.96. The summed E-state index contributed by atoms with van der Waals surface area (Å²) in [6.07, 6.45) is 5.61. The van der Waals surface area contributed by atoms with Gasteiger partial charge in [-0.05, 0) is 36.8 Å². The van der Waals surface area contributed by atoms with Crippen LogP contribution in [0.4, 0.5) is 0 Å². The van der Waals surface area contributed by atoms with Crippen LogP contribution in [0.5, 0.6) is 5.75 Å². The molecule has 0 amide bonds. The number of para-hydroxylation sites is 1. The number of aromatic amines is 2. The molecule has 5 rings (SSSR count). The van der Waals surface area contributed by atoms with Gasteiger partial charge >= 0.3 is 0 Å². The molecule has 0 spiro atoms. The fraction of sp³-hybridized carbons (Fsp3) is 0.0909. The third-order valence-corrected chi connectivity index (χ3v) is 4.76. The zero-order valence-electron chi connectivity index (χ0n) is 14.9. The van der Waals surface area contributed by atoms with E-state index in [2.05, 4.69) is 44.2 Å². The predicted molar refractivity (Wildman–Crippen MR) is 108 cm³/mol. The highest BCUT2D eigenvalue weighted by Crippen LogP contribution is 2.36. The molecule has 0 aliphatic rings. The topological polar surface area (TPSA) is 66.6 Å². The van der Waals surface area contributed by atoms with Crippen molar-refractivity contribution in [3.8, 4) is 28.0 Å². The van der Waals surface area contributed by atoms with E-state index in [1.807, 2.05) is 43.6 Å². The standard InChI is InChI=1S/C22H18N4O/c1-2-27-21-6-4-3-5-16(21)18-12-24-22-17(18)9-15(11-23-22)14-7-8-19-20(10-14)26-13-25-19/h3-13H,2H2,1H3,(H,23,24)(H,25,26). The SMILES string of the molecule is CCOc1ccccc1-c1c[nH]c2ncc(-c3ccc4nc[nH]c4c3)cc12. The van der Waals surface area contributed by atoms with Gasteiger partial charge in [-0.3, -0.25) is 0 Å². The molecular formula is C22H18N4O. The Morgan fingerprint density at radius 2 is 1.85 bits per heavy atom. The van der Waals surface area contributed by atoms with E-state index >= 15 is 0 Å². The number of aromatic nitrogens is 4. The van der Waals surface area contributed by atoms with Crippen LogP contribution in [0.1, 0.15) is 6.92 Å². The highest BCUT2D eigenvalue weighted by atomic mass is 16.5. The van der Waals surface area contributed by atoms with E-state index in [4.69, 9.17) is 4.74 Å². The van der Waals surface area contributed by atoms with Gasteiger partial charge in [-0.25, -0.2) is 9.97 Å². The molecule has 5 aromatic rings. The molecule has 0 fully saturated rings. The number of H-pyrrole nitrogens is 2. The molecule has 27 heavy (non-hydrogen) atoms. The van der Waals surface area contributed by atoms with Crippen LogP contribution < -0.4 is 4.74 Å². The number of hydrogen-bond donors (Lipinski definition) is 2. The number of imidazole rings is 1. The van der Waals surface area contributed by atoms with E-state index in [0.29, 0.717) is 6.61 Å². The van der Waals surface area contributed by atoms with Crippen LogP contribution >= 0.6 is 0 Å². The van der Waals surface area contributed by atoms with Crippen LogP contribution in [0.3, 0.4) is 0 Å². The van der Waals surface area contributed by atoms with Crippen LogP contribution in [0, 0.1) is 0 Å². The smallest absolute Gasteiger partial charge is 0.137 e. The van der Waals surface area contributed by atoms with Crippen molar-refractivity contribution in [1.29, 1.82) is 0 Å². The molecule has 3 heterocycles. The van der Waals surface area contributed by atoms with Gasteiger partial charge in [-0.2, -0.15) is 0 Å². The Balaban J connectivity index is 1.67. The van der Waals surface area contributed by atoms with Crippen LogP contribution in [0.25, 0.3) is 44.3 Å². The summed E-state index contributed by atoms with van der Waals surface area (Å²) in [6.45, 7) is 2.63. The lowest BCUT2D eigenvalue weighted by Crippen LogP contribution is -1.93. The number of pyridine rings is 1. The highest BCUT2D eigenvalue weighted by Gasteiger charge is 2.13. The summed E-state index contributed by atoms with van der Waals surface area (Å²) in [5.41, 5.74) is 7.16. The first kappa shape index (κ1) is 15.6. The van der Waals surface area contributed by atoms with Crippen molar-refractivity contribution in [3.63, 3.8) is 0 Å². The van der Waals surface area contributed by atoms with Gasteiger partial charge < -0.3 is 14.7 Å². The number of hydrogen-bond acceptors (Lipinski definition) is 3. The van der Waals surface area contributed by atoms with Gasteiger partial charge in [0, 0.05) is 34.5 Å². The normalized spacial score (nSPS) is 11.3. The third kappa shape index (κ3) is 2.64. The molecule has 5 heteroatoms. The largest absolute Gasteiger partial charge is 0.493 e. The van der Waals surface area contributed by atoms with Crippen LogP contribution in [-0.2, 0) is 0 Å². The number of nitrogens with one attached hydrogen (secondary N) is 2. The van der Waals surface area contributed by atoms with Crippen molar-refractivity contribution in [2.45, 2.75) is 6.92 Å². The van der Waals surface area contributed by atoms with E-state index in [0.717, 1.165) is 50.1 Å². The van der Waals surface area contributed by atoms with Gasteiger partial charge in [0.05, 0.1) is 24.0 Å². The average Bonchev–Trinajstić information content (AvgIpc) is 3.34. The van der Waals surface area contributed by atoms with Gasteiger partial charge in [0.25, 0.3) is 0 Å². The molecule has 0 saturated heterocycles. The maximum atomic E-state index is 5.82. The lowest BCUT2D eigenvalue weighted by atomic mass is 10.0. The summed E-state index contributed by atoms with van der Waals surface area (Å²) in [6, 6.07) is 16.5. The summed E-state index contributed by atoms with van der Waals surface area (Å²) in [4.78, 5) is 15.4. The Bertz CT molecular complexity index is 1250. The van der Waals surface area contributed by atoms with Crippen molar-refractivity contribution in [1.82, 2.24) is 19.9 Å². The number of nitrogens with zero attached hydrogens (tertiary/aromatic N) is 2.